The van der Waals surface area contributed by atoms with E-state index in [0.717, 1.165) is 12.8 Å². The van der Waals surface area contributed by atoms with E-state index in [0.29, 0.717) is 51.5 Å². The molecule has 1 unspecified atom stereocenters. The Morgan fingerprint density at radius 3 is 2.28 bits per heavy atom. The molecule has 0 aromatic carbocycles. The van der Waals surface area contributed by atoms with Gasteiger partial charge in [0, 0.05) is 39.1 Å². The van der Waals surface area contributed by atoms with Gasteiger partial charge < -0.3 is 19.1 Å². The average Bonchev–Trinajstić information content (AvgIpc) is 3.47. The smallest absolute Gasteiger partial charge is 0.290 e. The van der Waals surface area contributed by atoms with Crippen molar-refractivity contribution in [3.05, 3.63) is 24.2 Å². The van der Waals surface area contributed by atoms with Gasteiger partial charge in [0.05, 0.1) is 6.26 Å². The maximum absolute atomic E-state index is 13.2. The predicted octanol–water partition coefficient (Wildman–Crippen LogP) is 2.53. The van der Waals surface area contributed by atoms with Crippen molar-refractivity contribution in [2.24, 2.45) is 5.92 Å². The molecule has 2 saturated heterocycles. The van der Waals surface area contributed by atoms with Crippen LogP contribution < -0.4 is 0 Å². The Bertz CT molecular complexity index is 718. The minimum absolute atomic E-state index is 0.00694. The number of carbonyl (C=O) groups excluding carboxylic acids is 3. The zero-order chi connectivity index (χ0) is 20.2. The van der Waals surface area contributed by atoms with Gasteiger partial charge in [-0.2, -0.15) is 0 Å². The molecule has 1 aliphatic carbocycles. The number of nitrogens with zero attached hydrogens (tertiary/aromatic N) is 3. The summed E-state index contributed by atoms with van der Waals surface area (Å²) >= 11 is 0. The van der Waals surface area contributed by atoms with Gasteiger partial charge >= 0.3 is 0 Å². The highest BCUT2D eigenvalue weighted by atomic mass is 16.3. The fraction of sp³-hybridized carbons (Fsp3) is 0.682. The van der Waals surface area contributed by atoms with Crippen LogP contribution in [0.25, 0.3) is 0 Å². The molecule has 0 N–H and O–H groups in total. The van der Waals surface area contributed by atoms with Crippen molar-refractivity contribution >= 4 is 17.7 Å². The lowest BCUT2D eigenvalue weighted by Crippen LogP contribution is -2.57. The quantitative estimate of drug-likeness (QED) is 0.777. The predicted molar refractivity (Wildman–Crippen MR) is 107 cm³/mol. The van der Waals surface area contributed by atoms with Crippen molar-refractivity contribution in [2.45, 2.75) is 57.4 Å². The Morgan fingerprint density at radius 1 is 0.897 bits per heavy atom. The summed E-state index contributed by atoms with van der Waals surface area (Å²) < 4.78 is 5.26. The van der Waals surface area contributed by atoms with E-state index in [-0.39, 0.29) is 23.5 Å². The molecule has 7 nitrogen and oxygen atoms in total. The van der Waals surface area contributed by atoms with Crippen LogP contribution in [0.2, 0.25) is 0 Å². The monoisotopic (exact) mass is 401 g/mol. The number of piperidine rings is 1. The van der Waals surface area contributed by atoms with Crippen LogP contribution in [0.15, 0.2) is 22.8 Å². The lowest BCUT2D eigenvalue weighted by molar-refractivity contribution is -0.143. The van der Waals surface area contributed by atoms with E-state index in [2.05, 4.69) is 0 Å². The van der Waals surface area contributed by atoms with E-state index in [9.17, 15) is 14.4 Å². The van der Waals surface area contributed by atoms with Crippen LogP contribution in [0.1, 0.15) is 61.9 Å². The fourth-order valence-corrected chi connectivity index (χ4v) is 4.95. The molecule has 1 atom stereocenters. The van der Waals surface area contributed by atoms with E-state index in [1.54, 1.807) is 17.0 Å². The lowest BCUT2D eigenvalue weighted by Gasteiger charge is -2.40. The molecule has 1 saturated carbocycles. The molecule has 4 rings (SSSR count). The van der Waals surface area contributed by atoms with Crippen molar-refractivity contribution in [1.82, 2.24) is 14.7 Å². The summed E-state index contributed by atoms with van der Waals surface area (Å²) in [6, 6.07) is 2.91. The summed E-state index contributed by atoms with van der Waals surface area (Å²) in [5.74, 6) is 0.861. The Hall–Kier alpha value is -2.31. The van der Waals surface area contributed by atoms with Crippen molar-refractivity contribution < 1.29 is 18.8 Å². The Labute approximate surface area is 172 Å². The van der Waals surface area contributed by atoms with E-state index >= 15 is 0 Å². The number of hydrogen-bond acceptors (Lipinski definition) is 4. The molecule has 0 radical (unpaired) electrons. The molecule has 1 aromatic heterocycles. The first kappa shape index (κ1) is 20.0. The maximum atomic E-state index is 13.2. The number of amides is 3. The number of rotatable bonds is 4. The highest BCUT2D eigenvalue weighted by Crippen LogP contribution is 2.28. The highest BCUT2D eigenvalue weighted by Gasteiger charge is 2.37. The fourth-order valence-electron chi connectivity index (χ4n) is 4.95. The first-order valence-electron chi connectivity index (χ1n) is 11.0. The van der Waals surface area contributed by atoms with E-state index < -0.39 is 6.04 Å². The molecule has 0 spiro atoms. The van der Waals surface area contributed by atoms with Crippen molar-refractivity contribution in [2.75, 3.05) is 32.7 Å². The van der Waals surface area contributed by atoms with Crippen molar-refractivity contribution in [1.29, 1.82) is 0 Å². The van der Waals surface area contributed by atoms with Gasteiger partial charge in [-0.3, -0.25) is 14.4 Å². The normalized spacial score (nSPS) is 23.4. The number of furan rings is 1. The molecular weight excluding hydrogens is 370 g/mol. The SMILES string of the molecule is O=C(CC1CCCC1)N1CCN(C(=O)C2CCCCN2C(=O)c2ccco2)CC1. The minimum Gasteiger partial charge on any atom is -0.459 e. The molecule has 0 bridgehead atoms. The van der Waals surface area contributed by atoms with E-state index in [1.165, 1.54) is 31.9 Å². The molecule has 7 heteroatoms. The van der Waals surface area contributed by atoms with Crippen LogP contribution in [0.5, 0.6) is 0 Å². The zero-order valence-electron chi connectivity index (χ0n) is 17.1. The molecule has 3 fully saturated rings. The average molecular weight is 402 g/mol. The third kappa shape index (κ3) is 4.49. The molecule has 1 aromatic rings. The molecule has 2 aliphatic heterocycles. The Kier molecular flexibility index (Phi) is 6.21. The van der Waals surface area contributed by atoms with Crippen LogP contribution in [-0.2, 0) is 9.59 Å². The van der Waals surface area contributed by atoms with Gasteiger partial charge in [-0.1, -0.05) is 12.8 Å². The number of carbonyl (C=O) groups is 3. The third-order valence-electron chi connectivity index (χ3n) is 6.66. The Balaban J connectivity index is 1.33. The van der Waals surface area contributed by atoms with Crippen LogP contribution in [0, 0.1) is 5.92 Å². The number of hydrogen-bond donors (Lipinski definition) is 0. The molecule has 29 heavy (non-hydrogen) atoms. The summed E-state index contributed by atoms with van der Waals surface area (Å²) in [6.07, 6.45) is 9.50. The van der Waals surface area contributed by atoms with Crippen LogP contribution in [0.3, 0.4) is 0 Å². The molecule has 3 heterocycles. The Morgan fingerprint density at radius 2 is 1.59 bits per heavy atom. The first-order chi connectivity index (χ1) is 14.1. The van der Waals surface area contributed by atoms with Crippen LogP contribution in [0.4, 0.5) is 0 Å². The van der Waals surface area contributed by atoms with Crippen molar-refractivity contribution in [3.63, 3.8) is 0 Å². The third-order valence-corrected chi connectivity index (χ3v) is 6.66. The highest BCUT2D eigenvalue weighted by molar-refractivity contribution is 5.95. The van der Waals surface area contributed by atoms with E-state index in [4.69, 9.17) is 4.42 Å². The largest absolute Gasteiger partial charge is 0.459 e. The van der Waals surface area contributed by atoms with Gasteiger partial charge in [0.1, 0.15) is 6.04 Å². The second kappa shape index (κ2) is 9.01. The summed E-state index contributed by atoms with van der Waals surface area (Å²) in [7, 11) is 0. The van der Waals surface area contributed by atoms with Gasteiger partial charge in [0.15, 0.2) is 5.76 Å². The van der Waals surface area contributed by atoms with Gasteiger partial charge in [0.25, 0.3) is 5.91 Å². The minimum atomic E-state index is -0.429. The van der Waals surface area contributed by atoms with Crippen LogP contribution in [-0.4, -0.2) is 71.2 Å². The summed E-state index contributed by atoms with van der Waals surface area (Å²) in [4.78, 5) is 43.9. The standard InChI is InChI=1S/C22H31N3O4/c26-20(16-17-6-1-2-7-17)23-11-13-24(14-12-23)21(27)18-8-3-4-10-25(18)22(28)19-9-5-15-29-19/h5,9,15,17-18H,1-4,6-8,10-14,16H2. The second-order valence-corrected chi connectivity index (χ2v) is 8.55. The van der Waals surface area contributed by atoms with Gasteiger partial charge in [-0.25, -0.2) is 0 Å². The lowest BCUT2D eigenvalue weighted by atomic mass is 9.99. The summed E-state index contributed by atoms with van der Waals surface area (Å²) in [5, 5.41) is 0. The zero-order valence-corrected chi connectivity index (χ0v) is 17.1. The van der Waals surface area contributed by atoms with Gasteiger partial charge in [-0.05, 0) is 50.2 Å². The summed E-state index contributed by atoms with van der Waals surface area (Å²) in [6.45, 7) is 2.87. The number of likely N-dealkylation sites (tertiary alicyclic amines) is 1. The second-order valence-electron chi connectivity index (χ2n) is 8.55. The van der Waals surface area contributed by atoms with E-state index in [1.807, 2.05) is 9.80 Å². The van der Waals surface area contributed by atoms with Gasteiger partial charge in [-0.15, -0.1) is 0 Å². The topological polar surface area (TPSA) is 74.1 Å². The first-order valence-corrected chi connectivity index (χ1v) is 11.0. The molecule has 158 valence electrons. The molecule has 3 aliphatic rings. The maximum Gasteiger partial charge on any atom is 0.290 e. The summed E-state index contributed by atoms with van der Waals surface area (Å²) in [5.41, 5.74) is 0. The van der Waals surface area contributed by atoms with Crippen molar-refractivity contribution in [3.8, 4) is 0 Å². The molecule has 3 amide bonds. The van der Waals surface area contributed by atoms with Gasteiger partial charge in [0.2, 0.25) is 11.8 Å². The number of piperazine rings is 1. The molecular formula is C22H31N3O4. The van der Waals surface area contributed by atoms with Crippen LogP contribution >= 0.6 is 0 Å².